The highest BCUT2D eigenvalue weighted by Crippen LogP contribution is 2.14. The van der Waals surface area contributed by atoms with Gasteiger partial charge in [0.1, 0.15) is 12.1 Å². The van der Waals surface area contributed by atoms with Crippen LogP contribution in [0.1, 0.15) is 12.0 Å². The fourth-order valence-corrected chi connectivity index (χ4v) is 1.75. The number of nitrogens with two attached hydrogens (primary N) is 1. The molecular formula is C12H16N2O2. The minimum Gasteiger partial charge on any atom is -0.459 e. The zero-order chi connectivity index (χ0) is 11.4. The van der Waals surface area contributed by atoms with Gasteiger partial charge in [0.15, 0.2) is 0 Å². The number of esters is 1. The van der Waals surface area contributed by atoms with E-state index in [4.69, 9.17) is 10.5 Å². The molecule has 3 N–H and O–H groups in total. The summed E-state index contributed by atoms with van der Waals surface area (Å²) in [6.07, 6.45) is 0.640. The van der Waals surface area contributed by atoms with E-state index in [1.165, 1.54) is 0 Å². The summed E-state index contributed by atoms with van der Waals surface area (Å²) in [5, 5.41) is 3.07. The van der Waals surface area contributed by atoms with E-state index in [0.29, 0.717) is 19.6 Å². The first-order valence-corrected chi connectivity index (χ1v) is 5.41. The molecule has 0 aromatic heterocycles. The molecule has 0 aliphatic carbocycles. The minimum absolute atomic E-state index is 0.290. The van der Waals surface area contributed by atoms with E-state index in [2.05, 4.69) is 5.32 Å². The molecule has 1 aromatic carbocycles. The minimum atomic E-state index is -0.839. The van der Waals surface area contributed by atoms with Crippen molar-refractivity contribution in [3.05, 3.63) is 35.9 Å². The standard InChI is InChI=1S/C12H16N2O2/c13-12(6-7-14-9-12)11(15)16-8-10-4-2-1-3-5-10/h1-5,14H,6-9,13H2/t12-/m0/s1. The molecule has 1 fully saturated rings. The molecule has 2 rings (SSSR count). The van der Waals surface area contributed by atoms with E-state index < -0.39 is 5.54 Å². The molecule has 0 amide bonds. The normalized spacial score (nSPS) is 24.3. The second-order valence-corrected chi connectivity index (χ2v) is 4.14. The summed E-state index contributed by atoms with van der Waals surface area (Å²) in [4.78, 5) is 11.8. The molecule has 16 heavy (non-hydrogen) atoms. The van der Waals surface area contributed by atoms with Crippen LogP contribution in [0.25, 0.3) is 0 Å². The Morgan fingerprint density at radius 2 is 2.19 bits per heavy atom. The molecule has 0 radical (unpaired) electrons. The van der Waals surface area contributed by atoms with Gasteiger partial charge in [-0.1, -0.05) is 30.3 Å². The molecule has 1 aliphatic rings. The van der Waals surface area contributed by atoms with Crippen LogP contribution in [-0.2, 0) is 16.1 Å². The van der Waals surface area contributed by atoms with Crippen molar-refractivity contribution in [3.63, 3.8) is 0 Å². The summed E-state index contributed by atoms with van der Waals surface area (Å²) in [5.74, 6) is -0.318. The summed E-state index contributed by atoms with van der Waals surface area (Å²) in [6.45, 7) is 1.57. The molecule has 0 spiro atoms. The van der Waals surface area contributed by atoms with Gasteiger partial charge in [0, 0.05) is 6.54 Å². The topological polar surface area (TPSA) is 64.4 Å². The lowest BCUT2D eigenvalue weighted by Crippen LogP contribution is -2.50. The molecule has 1 saturated heterocycles. The third kappa shape index (κ3) is 2.40. The lowest BCUT2D eigenvalue weighted by atomic mass is 10.0. The fraction of sp³-hybridized carbons (Fsp3) is 0.417. The Balaban J connectivity index is 1.89. The monoisotopic (exact) mass is 220 g/mol. The third-order valence-electron chi connectivity index (χ3n) is 2.81. The molecule has 1 heterocycles. The van der Waals surface area contributed by atoms with Gasteiger partial charge in [-0.25, -0.2) is 4.79 Å². The fourth-order valence-electron chi connectivity index (χ4n) is 1.75. The lowest BCUT2D eigenvalue weighted by Gasteiger charge is -2.20. The first-order valence-electron chi connectivity index (χ1n) is 5.41. The van der Waals surface area contributed by atoms with Crippen LogP contribution >= 0.6 is 0 Å². The van der Waals surface area contributed by atoms with Gasteiger partial charge in [-0.2, -0.15) is 0 Å². The number of ether oxygens (including phenoxy) is 1. The largest absolute Gasteiger partial charge is 0.459 e. The third-order valence-corrected chi connectivity index (χ3v) is 2.81. The predicted octanol–water partition coefficient (Wildman–Crippen LogP) is 0.421. The first-order chi connectivity index (χ1) is 7.71. The molecule has 0 bridgehead atoms. The van der Waals surface area contributed by atoms with Gasteiger partial charge in [-0.3, -0.25) is 0 Å². The average Bonchev–Trinajstić information content (AvgIpc) is 2.76. The van der Waals surface area contributed by atoms with Crippen molar-refractivity contribution < 1.29 is 9.53 Å². The molecule has 1 aliphatic heterocycles. The number of carbonyl (C=O) groups is 1. The Morgan fingerprint density at radius 3 is 2.81 bits per heavy atom. The Hall–Kier alpha value is -1.39. The Labute approximate surface area is 94.8 Å². The first kappa shape index (κ1) is 11.1. The van der Waals surface area contributed by atoms with E-state index in [1.54, 1.807) is 0 Å². The number of carbonyl (C=O) groups excluding carboxylic acids is 1. The van der Waals surface area contributed by atoms with Crippen LogP contribution in [0.2, 0.25) is 0 Å². The van der Waals surface area contributed by atoms with E-state index in [0.717, 1.165) is 12.1 Å². The highest BCUT2D eigenvalue weighted by atomic mass is 16.5. The van der Waals surface area contributed by atoms with Crippen molar-refractivity contribution in [2.45, 2.75) is 18.6 Å². The number of rotatable bonds is 3. The molecule has 0 saturated carbocycles. The summed E-state index contributed by atoms with van der Waals surface area (Å²) < 4.78 is 5.21. The van der Waals surface area contributed by atoms with Crippen LogP contribution in [0.5, 0.6) is 0 Å². The summed E-state index contributed by atoms with van der Waals surface area (Å²) >= 11 is 0. The predicted molar refractivity (Wildman–Crippen MR) is 60.6 cm³/mol. The van der Waals surface area contributed by atoms with Crippen LogP contribution < -0.4 is 11.1 Å². The molecule has 1 aromatic rings. The van der Waals surface area contributed by atoms with Crippen molar-refractivity contribution in [1.29, 1.82) is 0 Å². The molecule has 4 heteroatoms. The second-order valence-electron chi connectivity index (χ2n) is 4.14. The van der Waals surface area contributed by atoms with Crippen molar-refractivity contribution in [2.24, 2.45) is 5.73 Å². The SMILES string of the molecule is N[C@@]1(C(=O)OCc2ccccc2)CCNC1. The number of benzene rings is 1. The summed E-state index contributed by atoms with van der Waals surface area (Å²) in [6, 6.07) is 9.60. The van der Waals surface area contributed by atoms with Crippen LogP contribution in [0.4, 0.5) is 0 Å². The van der Waals surface area contributed by atoms with Crippen molar-refractivity contribution in [1.82, 2.24) is 5.32 Å². The highest BCUT2D eigenvalue weighted by molar-refractivity contribution is 5.81. The van der Waals surface area contributed by atoms with Crippen LogP contribution in [-0.4, -0.2) is 24.6 Å². The van der Waals surface area contributed by atoms with Crippen molar-refractivity contribution in [2.75, 3.05) is 13.1 Å². The number of hydrogen-bond acceptors (Lipinski definition) is 4. The van der Waals surface area contributed by atoms with Gasteiger partial charge in [-0.15, -0.1) is 0 Å². The van der Waals surface area contributed by atoms with E-state index in [9.17, 15) is 4.79 Å². The smallest absolute Gasteiger partial charge is 0.327 e. The maximum atomic E-state index is 11.8. The van der Waals surface area contributed by atoms with Gasteiger partial charge in [0.2, 0.25) is 0 Å². The summed E-state index contributed by atoms with van der Waals surface area (Å²) in [5.41, 5.74) is 6.07. The van der Waals surface area contributed by atoms with Gasteiger partial charge >= 0.3 is 5.97 Å². The highest BCUT2D eigenvalue weighted by Gasteiger charge is 2.38. The van der Waals surface area contributed by atoms with Gasteiger partial charge < -0.3 is 15.8 Å². The Morgan fingerprint density at radius 1 is 1.44 bits per heavy atom. The van der Waals surface area contributed by atoms with Gasteiger partial charge in [0.05, 0.1) is 0 Å². The Bertz CT molecular complexity index is 359. The van der Waals surface area contributed by atoms with Gasteiger partial charge in [0.25, 0.3) is 0 Å². The van der Waals surface area contributed by atoms with Crippen LogP contribution in [0.3, 0.4) is 0 Å². The summed E-state index contributed by atoms with van der Waals surface area (Å²) in [7, 11) is 0. The molecule has 4 nitrogen and oxygen atoms in total. The lowest BCUT2D eigenvalue weighted by molar-refractivity contribution is -0.150. The molecule has 0 unspecified atom stereocenters. The molecule has 86 valence electrons. The molecular weight excluding hydrogens is 204 g/mol. The number of nitrogens with one attached hydrogen (secondary N) is 1. The maximum Gasteiger partial charge on any atom is 0.327 e. The van der Waals surface area contributed by atoms with Gasteiger partial charge in [-0.05, 0) is 18.5 Å². The zero-order valence-electron chi connectivity index (χ0n) is 9.11. The maximum absolute atomic E-state index is 11.8. The Kier molecular flexibility index (Phi) is 3.22. The zero-order valence-corrected chi connectivity index (χ0v) is 9.11. The quantitative estimate of drug-likeness (QED) is 0.725. The van der Waals surface area contributed by atoms with Crippen molar-refractivity contribution >= 4 is 5.97 Å². The van der Waals surface area contributed by atoms with Crippen LogP contribution in [0, 0.1) is 0 Å². The number of hydrogen-bond donors (Lipinski definition) is 2. The average molecular weight is 220 g/mol. The molecule has 1 atom stereocenters. The van der Waals surface area contributed by atoms with E-state index in [1.807, 2.05) is 30.3 Å². The second kappa shape index (κ2) is 4.63. The van der Waals surface area contributed by atoms with E-state index >= 15 is 0 Å². The van der Waals surface area contributed by atoms with E-state index in [-0.39, 0.29) is 5.97 Å². The van der Waals surface area contributed by atoms with Crippen molar-refractivity contribution in [3.8, 4) is 0 Å². The van der Waals surface area contributed by atoms with Crippen LogP contribution in [0.15, 0.2) is 30.3 Å².